The van der Waals surface area contributed by atoms with Crippen molar-refractivity contribution in [2.24, 2.45) is 0 Å². The standard InChI is InChI=1S/C17H16ClF2N/c18-17-15(2-1-3-16(17)20)13-8-12(9-14(19)10-13)11-4-6-21-7-5-11/h1-3,8-11,21H,4-7H2. The van der Waals surface area contributed by atoms with Crippen molar-refractivity contribution >= 4 is 11.6 Å². The van der Waals surface area contributed by atoms with Gasteiger partial charge in [0.1, 0.15) is 11.6 Å². The molecule has 0 amide bonds. The molecule has 1 heterocycles. The number of hydrogen-bond donors (Lipinski definition) is 1. The minimum atomic E-state index is -0.484. The fourth-order valence-electron chi connectivity index (χ4n) is 2.89. The molecule has 0 radical (unpaired) electrons. The molecule has 21 heavy (non-hydrogen) atoms. The molecule has 1 aliphatic heterocycles. The van der Waals surface area contributed by atoms with Crippen molar-refractivity contribution < 1.29 is 8.78 Å². The highest BCUT2D eigenvalue weighted by Gasteiger charge is 2.18. The minimum absolute atomic E-state index is 0.0411. The first-order valence-corrected chi connectivity index (χ1v) is 7.48. The summed E-state index contributed by atoms with van der Waals surface area (Å²) >= 11 is 6.01. The molecular formula is C17H16ClF2N. The molecule has 3 rings (SSSR count). The van der Waals surface area contributed by atoms with Gasteiger partial charge in [-0.2, -0.15) is 0 Å². The second-order valence-electron chi connectivity index (χ2n) is 5.40. The zero-order valence-electron chi connectivity index (χ0n) is 11.5. The van der Waals surface area contributed by atoms with Gasteiger partial charge in [0.2, 0.25) is 0 Å². The Bertz CT molecular complexity index is 651. The number of rotatable bonds is 2. The average molecular weight is 308 g/mol. The highest BCUT2D eigenvalue weighted by atomic mass is 35.5. The van der Waals surface area contributed by atoms with Gasteiger partial charge in [-0.1, -0.05) is 29.8 Å². The molecule has 4 heteroatoms. The third kappa shape index (κ3) is 3.09. The Morgan fingerprint density at radius 1 is 1.05 bits per heavy atom. The molecule has 1 saturated heterocycles. The van der Waals surface area contributed by atoms with Crippen LogP contribution in [0.4, 0.5) is 8.78 Å². The van der Waals surface area contributed by atoms with Crippen LogP contribution in [0.3, 0.4) is 0 Å². The lowest BCUT2D eigenvalue weighted by Gasteiger charge is -2.23. The maximum Gasteiger partial charge on any atom is 0.142 e. The number of benzene rings is 2. The average Bonchev–Trinajstić information content (AvgIpc) is 2.50. The summed E-state index contributed by atoms with van der Waals surface area (Å²) in [5, 5.41) is 3.34. The van der Waals surface area contributed by atoms with Crippen LogP contribution < -0.4 is 5.32 Å². The Morgan fingerprint density at radius 2 is 1.81 bits per heavy atom. The lowest BCUT2D eigenvalue weighted by molar-refractivity contribution is 0.458. The topological polar surface area (TPSA) is 12.0 Å². The van der Waals surface area contributed by atoms with E-state index in [0.717, 1.165) is 31.5 Å². The van der Waals surface area contributed by atoms with Crippen LogP contribution in [0.15, 0.2) is 36.4 Å². The van der Waals surface area contributed by atoms with Gasteiger partial charge in [0, 0.05) is 5.56 Å². The highest BCUT2D eigenvalue weighted by Crippen LogP contribution is 2.34. The quantitative estimate of drug-likeness (QED) is 0.844. The zero-order chi connectivity index (χ0) is 14.8. The fourth-order valence-corrected chi connectivity index (χ4v) is 3.12. The van der Waals surface area contributed by atoms with Crippen LogP contribution in [0.1, 0.15) is 24.3 Å². The fraction of sp³-hybridized carbons (Fsp3) is 0.294. The number of nitrogens with one attached hydrogen (secondary N) is 1. The van der Waals surface area contributed by atoms with Crippen molar-refractivity contribution in [1.29, 1.82) is 0 Å². The van der Waals surface area contributed by atoms with E-state index in [1.807, 2.05) is 6.07 Å². The molecule has 0 aliphatic carbocycles. The molecule has 2 aromatic rings. The van der Waals surface area contributed by atoms with Gasteiger partial charge in [0.15, 0.2) is 0 Å². The molecule has 0 saturated carbocycles. The zero-order valence-corrected chi connectivity index (χ0v) is 12.3. The molecular weight excluding hydrogens is 292 g/mol. The van der Waals surface area contributed by atoms with Crippen LogP contribution in [0.2, 0.25) is 5.02 Å². The van der Waals surface area contributed by atoms with Gasteiger partial charge in [0.05, 0.1) is 5.02 Å². The molecule has 1 N–H and O–H groups in total. The summed E-state index contributed by atoms with van der Waals surface area (Å²) in [5.74, 6) is -0.448. The van der Waals surface area contributed by atoms with Crippen LogP contribution in [0.25, 0.3) is 11.1 Å². The SMILES string of the molecule is Fc1cc(-c2cccc(F)c2Cl)cc(C2CCNCC2)c1. The van der Waals surface area contributed by atoms with E-state index in [1.54, 1.807) is 18.2 Å². The Morgan fingerprint density at radius 3 is 2.57 bits per heavy atom. The first-order valence-electron chi connectivity index (χ1n) is 7.11. The predicted octanol–water partition coefficient (Wildman–Crippen LogP) is 4.75. The largest absolute Gasteiger partial charge is 0.317 e. The monoisotopic (exact) mass is 307 g/mol. The van der Waals surface area contributed by atoms with Crippen molar-refractivity contribution in [3.05, 3.63) is 58.6 Å². The normalized spacial score (nSPS) is 16.1. The van der Waals surface area contributed by atoms with Crippen molar-refractivity contribution in [3.63, 3.8) is 0 Å². The van der Waals surface area contributed by atoms with Gasteiger partial charge >= 0.3 is 0 Å². The van der Waals surface area contributed by atoms with Gasteiger partial charge in [-0.05, 0) is 61.2 Å². The smallest absolute Gasteiger partial charge is 0.142 e. The van der Waals surface area contributed by atoms with Gasteiger partial charge in [-0.25, -0.2) is 8.78 Å². The van der Waals surface area contributed by atoms with E-state index in [4.69, 9.17) is 11.6 Å². The maximum atomic E-state index is 13.9. The third-order valence-electron chi connectivity index (χ3n) is 3.99. The van der Waals surface area contributed by atoms with Gasteiger partial charge in [0.25, 0.3) is 0 Å². The van der Waals surface area contributed by atoms with E-state index in [0.29, 0.717) is 17.0 Å². The highest BCUT2D eigenvalue weighted by molar-refractivity contribution is 6.33. The van der Waals surface area contributed by atoms with Crippen molar-refractivity contribution in [2.75, 3.05) is 13.1 Å². The molecule has 1 fully saturated rings. The van der Waals surface area contributed by atoms with E-state index < -0.39 is 5.82 Å². The van der Waals surface area contributed by atoms with Crippen molar-refractivity contribution in [3.8, 4) is 11.1 Å². The van der Waals surface area contributed by atoms with Gasteiger partial charge in [-0.3, -0.25) is 0 Å². The van der Waals surface area contributed by atoms with Crippen LogP contribution in [-0.2, 0) is 0 Å². The van der Waals surface area contributed by atoms with Crippen LogP contribution in [0.5, 0.6) is 0 Å². The van der Waals surface area contributed by atoms with E-state index in [9.17, 15) is 8.78 Å². The van der Waals surface area contributed by atoms with E-state index in [1.165, 1.54) is 12.1 Å². The van der Waals surface area contributed by atoms with E-state index >= 15 is 0 Å². The Labute approximate surface area is 127 Å². The molecule has 1 aliphatic rings. The number of hydrogen-bond acceptors (Lipinski definition) is 1. The van der Waals surface area contributed by atoms with Gasteiger partial charge < -0.3 is 5.32 Å². The molecule has 0 spiro atoms. The Balaban J connectivity index is 2.03. The lowest BCUT2D eigenvalue weighted by Crippen LogP contribution is -2.26. The predicted molar refractivity (Wildman–Crippen MR) is 81.6 cm³/mol. The number of piperidine rings is 1. The van der Waals surface area contributed by atoms with Crippen molar-refractivity contribution in [1.82, 2.24) is 5.32 Å². The second-order valence-corrected chi connectivity index (χ2v) is 5.78. The number of halogens is 3. The maximum absolute atomic E-state index is 13.9. The van der Waals surface area contributed by atoms with Crippen LogP contribution in [0, 0.1) is 11.6 Å². The lowest BCUT2D eigenvalue weighted by atomic mass is 9.88. The van der Waals surface area contributed by atoms with Crippen LogP contribution >= 0.6 is 11.6 Å². The summed E-state index contributed by atoms with van der Waals surface area (Å²) in [7, 11) is 0. The molecule has 0 atom stereocenters. The first kappa shape index (κ1) is 14.5. The van der Waals surface area contributed by atoms with E-state index in [-0.39, 0.29) is 10.8 Å². The van der Waals surface area contributed by atoms with E-state index in [2.05, 4.69) is 5.32 Å². The van der Waals surface area contributed by atoms with Crippen molar-refractivity contribution in [2.45, 2.75) is 18.8 Å². The molecule has 0 bridgehead atoms. The molecule has 0 unspecified atom stereocenters. The summed E-state index contributed by atoms with van der Waals surface area (Å²) in [6.07, 6.45) is 1.97. The summed E-state index contributed by atoms with van der Waals surface area (Å²) in [4.78, 5) is 0. The molecule has 0 aromatic heterocycles. The van der Waals surface area contributed by atoms with Crippen LogP contribution in [-0.4, -0.2) is 13.1 Å². The summed E-state index contributed by atoms with van der Waals surface area (Å²) in [6.45, 7) is 1.88. The minimum Gasteiger partial charge on any atom is -0.317 e. The summed E-state index contributed by atoms with van der Waals surface area (Å²) < 4.78 is 27.5. The second kappa shape index (κ2) is 6.12. The first-order chi connectivity index (χ1) is 10.1. The third-order valence-corrected chi connectivity index (χ3v) is 4.38. The molecule has 110 valence electrons. The molecule has 1 nitrogen and oxygen atoms in total. The Kier molecular flexibility index (Phi) is 4.22. The summed E-state index contributed by atoms with van der Waals surface area (Å²) in [5.41, 5.74) is 2.13. The molecule has 2 aromatic carbocycles. The van der Waals surface area contributed by atoms with Gasteiger partial charge in [-0.15, -0.1) is 0 Å². The summed E-state index contributed by atoms with van der Waals surface area (Å²) in [6, 6.07) is 9.52. The Hall–Kier alpha value is -1.45.